The van der Waals surface area contributed by atoms with Crippen molar-refractivity contribution in [3.63, 3.8) is 0 Å². The number of rotatable bonds is 2. The lowest BCUT2D eigenvalue weighted by Gasteiger charge is -2.03. The average Bonchev–Trinajstić information content (AvgIpc) is 3.22. The van der Waals surface area contributed by atoms with Crippen molar-refractivity contribution in [2.75, 3.05) is 0 Å². The lowest BCUT2D eigenvalue weighted by atomic mass is 10.0. The molecular weight excluding hydrogens is 328 g/mol. The minimum absolute atomic E-state index is 0.634. The van der Waals surface area contributed by atoms with Crippen LogP contribution in [-0.4, -0.2) is 0 Å². The van der Waals surface area contributed by atoms with Gasteiger partial charge in [0, 0.05) is 9.40 Å². The summed E-state index contributed by atoms with van der Waals surface area (Å²) in [7, 11) is 0. The minimum Gasteiger partial charge on any atom is -0.144 e. The number of hydrogen-bond acceptors (Lipinski definition) is 2. The fraction of sp³-hybridized carbons (Fsp3) is 0.273. The fourth-order valence-corrected chi connectivity index (χ4v) is 4.28. The molecule has 0 amide bonds. The van der Waals surface area contributed by atoms with Crippen LogP contribution in [0.1, 0.15) is 50.7 Å². The number of benzene rings is 2. The van der Waals surface area contributed by atoms with E-state index in [1.54, 1.807) is 0 Å². The predicted molar refractivity (Wildman–Crippen MR) is 112 cm³/mol. The van der Waals surface area contributed by atoms with Gasteiger partial charge in [0.1, 0.15) is 0 Å². The quantitative estimate of drug-likeness (QED) is 0.342. The van der Waals surface area contributed by atoms with Crippen LogP contribution in [0.15, 0.2) is 59.3 Å². The topological polar surface area (TPSA) is 0 Å². The van der Waals surface area contributed by atoms with Crippen molar-refractivity contribution in [3.05, 3.63) is 70.4 Å². The van der Waals surface area contributed by atoms with E-state index in [1.807, 2.05) is 22.7 Å². The Bertz CT molecular complexity index is 847. The first-order valence-corrected chi connectivity index (χ1v) is 10.2. The molecule has 0 unspecified atom stereocenters. The second-order valence-corrected chi connectivity index (χ2v) is 8.64. The Kier molecular flexibility index (Phi) is 5.37. The molecule has 2 heteroatoms. The second kappa shape index (κ2) is 7.50. The molecule has 0 bridgehead atoms. The van der Waals surface area contributed by atoms with Crippen molar-refractivity contribution >= 4 is 42.8 Å². The molecule has 124 valence electrons. The first kappa shape index (κ1) is 17.2. The van der Waals surface area contributed by atoms with Gasteiger partial charge < -0.3 is 0 Å². The van der Waals surface area contributed by atoms with Crippen LogP contribution >= 0.6 is 22.7 Å². The van der Waals surface area contributed by atoms with E-state index in [0.29, 0.717) is 11.8 Å². The molecule has 0 aliphatic rings. The first-order valence-electron chi connectivity index (χ1n) is 8.49. The standard InChI is InChI=1S/2C11H12S/c1-8(2)9-3-4-11-10(7-9)5-6-12-11;1-8(2)10-4-3-9-5-6-12-11(9)7-10/h2*3-8H,1-2H3. The summed E-state index contributed by atoms with van der Waals surface area (Å²) >= 11 is 3.63. The molecule has 0 atom stereocenters. The van der Waals surface area contributed by atoms with E-state index >= 15 is 0 Å². The van der Waals surface area contributed by atoms with E-state index in [1.165, 1.54) is 31.3 Å². The molecule has 0 aliphatic carbocycles. The van der Waals surface area contributed by atoms with Gasteiger partial charge in [-0.05, 0) is 68.8 Å². The van der Waals surface area contributed by atoms with Crippen LogP contribution in [0.5, 0.6) is 0 Å². The molecule has 0 saturated heterocycles. The fourth-order valence-electron chi connectivity index (χ4n) is 2.67. The number of hydrogen-bond donors (Lipinski definition) is 0. The molecule has 2 heterocycles. The molecule has 24 heavy (non-hydrogen) atoms. The lowest BCUT2D eigenvalue weighted by Crippen LogP contribution is -1.84. The van der Waals surface area contributed by atoms with Crippen molar-refractivity contribution in [2.45, 2.75) is 39.5 Å². The Balaban J connectivity index is 0.000000141. The number of fused-ring (bicyclic) bond motifs is 2. The summed E-state index contributed by atoms with van der Waals surface area (Å²) in [5.41, 5.74) is 2.87. The smallest absolute Gasteiger partial charge is 0.0345 e. The van der Waals surface area contributed by atoms with Crippen molar-refractivity contribution in [1.82, 2.24) is 0 Å². The van der Waals surface area contributed by atoms with E-state index in [2.05, 4.69) is 87.0 Å². The van der Waals surface area contributed by atoms with Crippen molar-refractivity contribution in [2.24, 2.45) is 0 Å². The highest BCUT2D eigenvalue weighted by Crippen LogP contribution is 2.26. The van der Waals surface area contributed by atoms with E-state index in [9.17, 15) is 0 Å². The van der Waals surface area contributed by atoms with E-state index < -0.39 is 0 Å². The Morgan fingerprint density at radius 3 is 1.88 bits per heavy atom. The van der Waals surface area contributed by atoms with Gasteiger partial charge in [-0.3, -0.25) is 0 Å². The van der Waals surface area contributed by atoms with E-state index in [-0.39, 0.29) is 0 Å². The van der Waals surface area contributed by atoms with Crippen LogP contribution in [0.25, 0.3) is 20.2 Å². The average molecular weight is 353 g/mol. The molecule has 0 nitrogen and oxygen atoms in total. The molecule has 0 aliphatic heterocycles. The third-order valence-electron chi connectivity index (χ3n) is 4.29. The van der Waals surface area contributed by atoms with Gasteiger partial charge in [-0.15, -0.1) is 22.7 Å². The summed E-state index contributed by atoms with van der Waals surface area (Å²) in [5, 5.41) is 7.04. The van der Waals surface area contributed by atoms with E-state index in [0.717, 1.165) is 0 Å². The van der Waals surface area contributed by atoms with Gasteiger partial charge in [-0.1, -0.05) is 52.0 Å². The summed E-state index contributed by atoms with van der Waals surface area (Å²) in [5.74, 6) is 1.27. The Hall–Kier alpha value is -1.64. The van der Waals surface area contributed by atoms with Crippen LogP contribution < -0.4 is 0 Å². The lowest BCUT2D eigenvalue weighted by molar-refractivity contribution is 0.869. The Labute approximate surface area is 152 Å². The largest absolute Gasteiger partial charge is 0.144 e. The molecule has 0 N–H and O–H groups in total. The maximum absolute atomic E-state index is 2.30. The summed E-state index contributed by atoms with van der Waals surface area (Å²) in [4.78, 5) is 0. The summed E-state index contributed by atoms with van der Waals surface area (Å²) < 4.78 is 2.79. The van der Waals surface area contributed by atoms with Crippen LogP contribution in [-0.2, 0) is 0 Å². The van der Waals surface area contributed by atoms with Crippen molar-refractivity contribution < 1.29 is 0 Å². The highest BCUT2D eigenvalue weighted by Gasteiger charge is 2.01. The molecule has 2 aromatic carbocycles. The zero-order chi connectivity index (χ0) is 17.1. The van der Waals surface area contributed by atoms with Crippen LogP contribution in [0, 0.1) is 0 Å². The Morgan fingerprint density at radius 2 is 1.17 bits per heavy atom. The first-order chi connectivity index (χ1) is 11.5. The van der Waals surface area contributed by atoms with Gasteiger partial charge in [0.2, 0.25) is 0 Å². The van der Waals surface area contributed by atoms with Gasteiger partial charge in [0.25, 0.3) is 0 Å². The molecule has 0 saturated carbocycles. The summed E-state index contributed by atoms with van der Waals surface area (Å²) in [6.07, 6.45) is 0. The maximum atomic E-state index is 2.30. The zero-order valence-corrected chi connectivity index (χ0v) is 16.4. The van der Waals surface area contributed by atoms with Crippen molar-refractivity contribution in [1.29, 1.82) is 0 Å². The SMILES string of the molecule is CC(C)c1ccc2ccsc2c1.CC(C)c1ccc2sccc2c1. The molecular formula is C22H24S2. The highest BCUT2D eigenvalue weighted by molar-refractivity contribution is 7.17. The molecule has 0 radical (unpaired) electrons. The monoisotopic (exact) mass is 352 g/mol. The summed E-state index contributed by atoms with van der Waals surface area (Å²) in [6.45, 7) is 8.92. The van der Waals surface area contributed by atoms with E-state index in [4.69, 9.17) is 0 Å². The normalized spacial score (nSPS) is 11.2. The highest BCUT2D eigenvalue weighted by atomic mass is 32.1. The third-order valence-corrected chi connectivity index (χ3v) is 6.07. The predicted octanol–water partition coefficient (Wildman–Crippen LogP) is 8.05. The van der Waals surface area contributed by atoms with Crippen LogP contribution in [0.2, 0.25) is 0 Å². The van der Waals surface area contributed by atoms with Gasteiger partial charge in [-0.25, -0.2) is 0 Å². The zero-order valence-electron chi connectivity index (χ0n) is 14.7. The minimum atomic E-state index is 0.634. The maximum Gasteiger partial charge on any atom is 0.0345 e. The second-order valence-electron chi connectivity index (χ2n) is 6.75. The van der Waals surface area contributed by atoms with Crippen molar-refractivity contribution in [3.8, 4) is 0 Å². The molecule has 2 aromatic heterocycles. The van der Waals surface area contributed by atoms with Gasteiger partial charge in [0.15, 0.2) is 0 Å². The molecule has 0 spiro atoms. The van der Waals surface area contributed by atoms with Crippen LogP contribution in [0.4, 0.5) is 0 Å². The molecule has 4 rings (SSSR count). The summed E-state index contributed by atoms with van der Waals surface area (Å²) in [6, 6.07) is 17.8. The number of thiophene rings is 2. The van der Waals surface area contributed by atoms with Gasteiger partial charge in [-0.2, -0.15) is 0 Å². The van der Waals surface area contributed by atoms with Gasteiger partial charge in [0.05, 0.1) is 0 Å². The molecule has 4 aromatic rings. The Morgan fingerprint density at radius 1 is 0.583 bits per heavy atom. The van der Waals surface area contributed by atoms with Crippen LogP contribution in [0.3, 0.4) is 0 Å². The van der Waals surface area contributed by atoms with Gasteiger partial charge >= 0.3 is 0 Å². The third kappa shape index (κ3) is 3.88. The molecule has 0 fully saturated rings.